The Bertz CT molecular complexity index is 652. The zero-order valence-corrected chi connectivity index (χ0v) is 15.6. The molecule has 0 amide bonds. The van der Waals surface area contributed by atoms with E-state index in [4.69, 9.17) is 4.74 Å². The van der Waals surface area contributed by atoms with Crippen LogP contribution in [0.2, 0.25) is 0 Å². The van der Waals surface area contributed by atoms with Crippen LogP contribution >= 0.6 is 0 Å². The second-order valence-electron chi connectivity index (χ2n) is 7.54. The minimum atomic E-state index is 0.296. The fraction of sp³-hybridized carbons (Fsp3) is 0.478. The fourth-order valence-electron chi connectivity index (χ4n) is 4.22. The van der Waals surface area contributed by atoms with E-state index in [1.54, 1.807) is 0 Å². The van der Waals surface area contributed by atoms with E-state index in [1.165, 1.54) is 24.1 Å². The average Bonchev–Trinajstić information content (AvgIpc) is 2.74. The maximum absolute atomic E-state index is 6.42. The third-order valence-electron chi connectivity index (χ3n) is 5.78. The van der Waals surface area contributed by atoms with Crippen LogP contribution in [0.3, 0.4) is 0 Å². The van der Waals surface area contributed by atoms with Crippen molar-refractivity contribution in [1.82, 2.24) is 4.90 Å². The highest BCUT2D eigenvalue weighted by molar-refractivity contribution is 5.46. The van der Waals surface area contributed by atoms with E-state index < -0.39 is 0 Å². The molecule has 0 aromatic heterocycles. The van der Waals surface area contributed by atoms with Gasteiger partial charge in [-0.2, -0.15) is 0 Å². The lowest BCUT2D eigenvalue weighted by molar-refractivity contribution is -0.0580. The van der Waals surface area contributed by atoms with Gasteiger partial charge in [-0.15, -0.1) is 0 Å². The summed E-state index contributed by atoms with van der Waals surface area (Å²) in [6.07, 6.45) is 5.54. The van der Waals surface area contributed by atoms with Crippen LogP contribution < -0.4 is 4.90 Å². The van der Waals surface area contributed by atoms with Crippen LogP contribution in [0.1, 0.15) is 37.4 Å². The zero-order chi connectivity index (χ0) is 17.6. The number of hydrogen-bond acceptors (Lipinski definition) is 3. The predicted molar refractivity (Wildman–Crippen MR) is 108 cm³/mol. The van der Waals surface area contributed by atoms with Crippen LogP contribution in [-0.4, -0.2) is 43.7 Å². The number of para-hydroxylation sites is 1. The molecule has 0 unspecified atom stereocenters. The molecule has 4 rings (SSSR count). The van der Waals surface area contributed by atoms with Crippen molar-refractivity contribution in [2.45, 2.75) is 37.9 Å². The highest BCUT2D eigenvalue weighted by atomic mass is 16.5. The molecule has 0 spiro atoms. The first-order chi connectivity index (χ1) is 12.9. The molecular weight excluding hydrogens is 320 g/mol. The molecule has 0 N–H and O–H groups in total. The largest absolute Gasteiger partial charge is 0.370 e. The van der Waals surface area contributed by atoms with Crippen molar-refractivity contribution in [3.8, 4) is 0 Å². The summed E-state index contributed by atoms with van der Waals surface area (Å²) in [5.41, 5.74) is 2.70. The van der Waals surface area contributed by atoms with Gasteiger partial charge in [-0.25, -0.2) is 0 Å². The highest BCUT2D eigenvalue weighted by Crippen LogP contribution is 2.32. The SMILES string of the molecule is c1ccc([C@H]2CCC[C@@H](CCN3CCN(c4ccccc4)CC3)O2)cc1. The Morgan fingerprint density at radius 2 is 1.50 bits per heavy atom. The maximum atomic E-state index is 6.42. The molecule has 0 bridgehead atoms. The molecule has 2 saturated heterocycles. The van der Waals surface area contributed by atoms with Crippen molar-refractivity contribution in [3.05, 3.63) is 66.2 Å². The van der Waals surface area contributed by atoms with E-state index in [9.17, 15) is 0 Å². The second-order valence-corrected chi connectivity index (χ2v) is 7.54. The minimum Gasteiger partial charge on any atom is -0.370 e. The molecule has 2 aromatic rings. The molecule has 26 heavy (non-hydrogen) atoms. The molecule has 2 fully saturated rings. The zero-order valence-electron chi connectivity index (χ0n) is 15.6. The summed E-state index contributed by atoms with van der Waals surface area (Å²) in [5, 5.41) is 0. The molecule has 2 heterocycles. The van der Waals surface area contributed by atoms with Gasteiger partial charge in [-0.05, 0) is 43.4 Å². The van der Waals surface area contributed by atoms with E-state index in [2.05, 4.69) is 70.5 Å². The lowest BCUT2D eigenvalue weighted by atomic mass is 9.97. The average molecular weight is 351 g/mol. The Labute approximate surface area is 157 Å². The van der Waals surface area contributed by atoms with Gasteiger partial charge in [-0.3, -0.25) is 4.90 Å². The van der Waals surface area contributed by atoms with Crippen molar-refractivity contribution in [3.63, 3.8) is 0 Å². The van der Waals surface area contributed by atoms with Gasteiger partial charge in [0.15, 0.2) is 0 Å². The summed E-state index contributed by atoms with van der Waals surface area (Å²) >= 11 is 0. The number of rotatable bonds is 5. The van der Waals surface area contributed by atoms with E-state index in [0.29, 0.717) is 12.2 Å². The third kappa shape index (κ3) is 4.46. The number of hydrogen-bond donors (Lipinski definition) is 0. The highest BCUT2D eigenvalue weighted by Gasteiger charge is 2.25. The standard InChI is InChI=1S/C23H30N2O/c1-3-8-20(9-4-1)23-13-7-12-22(26-23)14-15-24-16-18-25(19-17-24)21-10-5-2-6-11-21/h1-6,8-11,22-23H,7,12-19H2/t22-,23+/m0/s1. The smallest absolute Gasteiger partial charge is 0.0828 e. The molecule has 0 saturated carbocycles. The van der Waals surface area contributed by atoms with Crippen LogP contribution in [0.5, 0.6) is 0 Å². The van der Waals surface area contributed by atoms with E-state index in [0.717, 1.165) is 45.6 Å². The van der Waals surface area contributed by atoms with Crippen LogP contribution in [-0.2, 0) is 4.74 Å². The Kier molecular flexibility index (Phi) is 5.88. The molecule has 2 atom stereocenters. The minimum absolute atomic E-state index is 0.296. The lowest BCUT2D eigenvalue weighted by Gasteiger charge is -2.37. The van der Waals surface area contributed by atoms with Gasteiger partial charge >= 0.3 is 0 Å². The molecule has 2 aliphatic rings. The molecule has 3 nitrogen and oxygen atoms in total. The fourth-order valence-corrected chi connectivity index (χ4v) is 4.22. The summed E-state index contributed by atoms with van der Waals surface area (Å²) in [5.74, 6) is 0. The van der Waals surface area contributed by atoms with Crippen molar-refractivity contribution in [2.24, 2.45) is 0 Å². The first-order valence-electron chi connectivity index (χ1n) is 10.1. The van der Waals surface area contributed by atoms with Crippen LogP contribution in [0, 0.1) is 0 Å². The Morgan fingerprint density at radius 1 is 0.808 bits per heavy atom. The van der Waals surface area contributed by atoms with Gasteiger partial charge in [0.1, 0.15) is 0 Å². The molecule has 3 heteroatoms. The van der Waals surface area contributed by atoms with Crippen molar-refractivity contribution in [2.75, 3.05) is 37.6 Å². The van der Waals surface area contributed by atoms with Gasteiger partial charge in [0.25, 0.3) is 0 Å². The van der Waals surface area contributed by atoms with Gasteiger partial charge in [-0.1, -0.05) is 48.5 Å². The van der Waals surface area contributed by atoms with Crippen molar-refractivity contribution >= 4 is 5.69 Å². The van der Waals surface area contributed by atoms with Crippen LogP contribution in [0.25, 0.3) is 0 Å². The molecular formula is C23H30N2O. The first kappa shape index (κ1) is 17.6. The first-order valence-corrected chi connectivity index (χ1v) is 10.1. The molecule has 0 aliphatic carbocycles. The van der Waals surface area contributed by atoms with E-state index in [1.807, 2.05) is 0 Å². The topological polar surface area (TPSA) is 15.7 Å². The number of ether oxygens (including phenoxy) is 1. The van der Waals surface area contributed by atoms with Gasteiger partial charge in [0.2, 0.25) is 0 Å². The summed E-state index contributed by atoms with van der Waals surface area (Å²) in [6.45, 7) is 5.73. The monoisotopic (exact) mass is 350 g/mol. The summed E-state index contributed by atoms with van der Waals surface area (Å²) in [4.78, 5) is 5.11. The maximum Gasteiger partial charge on any atom is 0.0828 e. The summed E-state index contributed by atoms with van der Waals surface area (Å²) in [6, 6.07) is 21.5. The second kappa shape index (κ2) is 8.70. The van der Waals surface area contributed by atoms with Gasteiger partial charge in [0.05, 0.1) is 12.2 Å². The molecule has 0 radical (unpaired) electrons. The van der Waals surface area contributed by atoms with Crippen molar-refractivity contribution in [1.29, 1.82) is 0 Å². The number of benzene rings is 2. The number of piperazine rings is 1. The summed E-state index contributed by atoms with van der Waals surface area (Å²) in [7, 11) is 0. The summed E-state index contributed by atoms with van der Waals surface area (Å²) < 4.78 is 6.42. The number of nitrogens with zero attached hydrogens (tertiary/aromatic N) is 2. The Morgan fingerprint density at radius 3 is 2.23 bits per heavy atom. The van der Waals surface area contributed by atoms with E-state index in [-0.39, 0.29) is 0 Å². The van der Waals surface area contributed by atoms with Crippen LogP contribution in [0.15, 0.2) is 60.7 Å². The molecule has 138 valence electrons. The lowest BCUT2D eigenvalue weighted by Crippen LogP contribution is -2.47. The number of anilines is 1. The Balaban J connectivity index is 1.22. The Hall–Kier alpha value is -1.84. The van der Waals surface area contributed by atoms with Crippen LogP contribution in [0.4, 0.5) is 5.69 Å². The van der Waals surface area contributed by atoms with Crippen molar-refractivity contribution < 1.29 is 4.74 Å². The van der Waals surface area contributed by atoms with E-state index >= 15 is 0 Å². The normalized spacial score (nSPS) is 24.5. The van der Waals surface area contributed by atoms with Gasteiger partial charge in [0, 0.05) is 38.4 Å². The van der Waals surface area contributed by atoms with Gasteiger partial charge < -0.3 is 9.64 Å². The molecule has 2 aliphatic heterocycles. The third-order valence-corrected chi connectivity index (χ3v) is 5.78. The molecule has 2 aromatic carbocycles. The quantitative estimate of drug-likeness (QED) is 0.789. The predicted octanol–water partition coefficient (Wildman–Crippen LogP) is 4.51.